The topological polar surface area (TPSA) is 104 Å². The predicted molar refractivity (Wildman–Crippen MR) is 145 cm³/mol. The molecule has 1 saturated heterocycles. The van der Waals surface area contributed by atoms with Crippen LogP contribution in [0.1, 0.15) is 35.3 Å². The summed E-state index contributed by atoms with van der Waals surface area (Å²) in [6, 6.07) is 11.2. The van der Waals surface area contributed by atoms with Gasteiger partial charge in [0.1, 0.15) is 0 Å². The van der Waals surface area contributed by atoms with Crippen molar-refractivity contribution in [1.82, 2.24) is 4.57 Å². The maximum atomic E-state index is 14.0. The second-order valence-electron chi connectivity index (χ2n) is 9.99. The Kier molecular flexibility index (Phi) is 7.53. The van der Waals surface area contributed by atoms with Crippen molar-refractivity contribution >= 4 is 43.9 Å². The van der Waals surface area contributed by atoms with Crippen molar-refractivity contribution in [3.05, 3.63) is 65.4 Å². The van der Waals surface area contributed by atoms with Crippen molar-refractivity contribution in [2.75, 3.05) is 40.4 Å². The molecule has 0 radical (unpaired) electrons. The van der Waals surface area contributed by atoms with Crippen molar-refractivity contribution in [3.8, 4) is 0 Å². The minimum Gasteiger partial charge on any atom is -0.395 e. The van der Waals surface area contributed by atoms with Gasteiger partial charge in [0.2, 0.25) is 10.0 Å². The molecule has 0 spiro atoms. The van der Waals surface area contributed by atoms with Crippen molar-refractivity contribution in [1.29, 1.82) is 0 Å². The second-order valence-corrected chi connectivity index (χ2v) is 11.8. The van der Waals surface area contributed by atoms with Crippen LogP contribution in [-0.4, -0.2) is 55.4 Å². The zero-order valence-electron chi connectivity index (χ0n) is 21.4. The highest BCUT2D eigenvalue weighted by molar-refractivity contribution is 7.92. The fraction of sp³-hybridized carbons (Fsp3) is 0.370. The first-order valence-corrected chi connectivity index (χ1v) is 14.5. The SMILES string of the molecule is O=C(Nc1cccc2c1cc1n2CCC(F)(F)C1)c1ccc(NS(=O)(=O)CCO)cc1N1CCC(=C(F)F)CC1. The fourth-order valence-electron chi connectivity index (χ4n) is 5.28. The summed E-state index contributed by atoms with van der Waals surface area (Å²) in [6.07, 6.45) is -2.20. The lowest BCUT2D eigenvalue weighted by molar-refractivity contribution is -0.0219. The largest absolute Gasteiger partial charge is 0.395 e. The highest BCUT2D eigenvalue weighted by Crippen LogP contribution is 2.37. The second kappa shape index (κ2) is 10.8. The smallest absolute Gasteiger partial charge is 0.269 e. The van der Waals surface area contributed by atoms with E-state index in [0.29, 0.717) is 22.5 Å². The maximum absolute atomic E-state index is 14.0. The first kappa shape index (κ1) is 28.0. The number of anilines is 3. The number of nitrogens with zero attached hydrogens (tertiary/aromatic N) is 2. The molecule has 13 heteroatoms. The van der Waals surface area contributed by atoms with Crippen LogP contribution in [0.4, 0.5) is 34.6 Å². The molecule has 40 heavy (non-hydrogen) atoms. The maximum Gasteiger partial charge on any atom is 0.269 e. The quantitative estimate of drug-likeness (QED) is 0.343. The van der Waals surface area contributed by atoms with Crippen LogP contribution in [0.3, 0.4) is 0 Å². The molecule has 0 atom stereocenters. The van der Waals surface area contributed by atoms with Gasteiger partial charge < -0.3 is 19.9 Å². The predicted octanol–water partition coefficient (Wildman–Crippen LogP) is 4.96. The highest BCUT2D eigenvalue weighted by atomic mass is 32.2. The molecule has 2 aliphatic heterocycles. The number of amides is 1. The Balaban J connectivity index is 1.48. The highest BCUT2D eigenvalue weighted by Gasteiger charge is 2.35. The van der Waals surface area contributed by atoms with Crippen LogP contribution in [0, 0.1) is 0 Å². The summed E-state index contributed by atoms with van der Waals surface area (Å²) in [5, 5.41) is 12.5. The average molecular weight is 581 g/mol. The van der Waals surface area contributed by atoms with Crippen LogP contribution in [0.25, 0.3) is 10.9 Å². The number of carbonyl (C=O) groups is 1. The number of rotatable bonds is 7. The Morgan fingerprint density at radius 2 is 1.80 bits per heavy atom. The van der Waals surface area contributed by atoms with E-state index in [1.807, 2.05) is 4.57 Å². The number of hydrogen-bond donors (Lipinski definition) is 3. The summed E-state index contributed by atoms with van der Waals surface area (Å²) in [5.74, 6) is -3.84. The number of hydrogen-bond acceptors (Lipinski definition) is 5. The van der Waals surface area contributed by atoms with Crippen LogP contribution < -0.4 is 14.9 Å². The molecule has 1 fully saturated rings. The Labute approximate surface area is 228 Å². The van der Waals surface area contributed by atoms with Gasteiger partial charge in [0.25, 0.3) is 17.9 Å². The number of aromatic nitrogens is 1. The summed E-state index contributed by atoms with van der Waals surface area (Å²) in [7, 11) is -3.85. The van der Waals surface area contributed by atoms with Crippen LogP contribution in [0.5, 0.6) is 0 Å². The van der Waals surface area contributed by atoms with E-state index in [4.69, 9.17) is 5.11 Å². The molecule has 0 aliphatic carbocycles. The van der Waals surface area contributed by atoms with Gasteiger partial charge in [0.15, 0.2) is 0 Å². The molecule has 5 rings (SSSR count). The molecule has 2 aromatic carbocycles. The molecule has 214 valence electrons. The summed E-state index contributed by atoms with van der Waals surface area (Å²) in [6.45, 7) is -0.0388. The van der Waals surface area contributed by atoms with Crippen molar-refractivity contribution < 1.29 is 35.9 Å². The van der Waals surface area contributed by atoms with Gasteiger partial charge in [-0.05, 0) is 54.8 Å². The summed E-state index contributed by atoms with van der Waals surface area (Å²) < 4.78 is 82.9. The molecular formula is C27H28F4N4O4S. The zero-order chi connectivity index (χ0) is 28.7. The molecule has 0 bridgehead atoms. The number of fused-ring (bicyclic) bond motifs is 3. The molecule has 3 N–H and O–H groups in total. The van der Waals surface area contributed by atoms with E-state index in [9.17, 15) is 30.8 Å². The number of piperidine rings is 1. The lowest BCUT2D eigenvalue weighted by atomic mass is 10.0. The van der Waals surface area contributed by atoms with Crippen LogP contribution >= 0.6 is 0 Å². The molecule has 3 heterocycles. The Morgan fingerprint density at radius 3 is 2.50 bits per heavy atom. The van der Waals surface area contributed by atoms with E-state index in [0.717, 1.165) is 5.52 Å². The zero-order valence-corrected chi connectivity index (χ0v) is 22.2. The van der Waals surface area contributed by atoms with Crippen molar-refractivity contribution in [3.63, 3.8) is 0 Å². The van der Waals surface area contributed by atoms with Gasteiger partial charge in [-0.15, -0.1) is 0 Å². The molecule has 3 aromatic rings. The molecule has 1 aromatic heterocycles. The van der Waals surface area contributed by atoms with E-state index in [2.05, 4.69) is 10.0 Å². The van der Waals surface area contributed by atoms with Gasteiger partial charge >= 0.3 is 0 Å². The normalized spacial score (nSPS) is 17.0. The first-order chi connectivity index (χ1) is 19.0. The number of alkyl halides is 2. The molecule has 8 nitrogen and oxygen atoms in total. The third-order valence-electron chi connectivity index (χ3n) is 7.27. The number of halogens is 4. The number of carbonyl (C=O) groups excluding carboxylic acids is 1. The number of aliphatic hydroxyl groups is 1. The van der Waals surface area contributed by atoms with Gasteiger partial charge in [0, 0.05) is 37.1 Å². The minimum atomic E-state index is -3.85. The Bertz CT molecular complexity index is 1590. The number of sulfonamides is 1. The molecule has 0 saturated carbocycles. The van der Waals surface area contributed by atoms with E-state index in [-0.39, 0.29) is 55.7 Å². The van der Waals surface area contributed by atoms with Gasteiger partial charge in [0.05, 0.1) is 46.9 Å². The van der Waals surface area contributed by atoms with Gasteiger partial charge in [-0.25, -0.2) is 17.2 Å². The lowest BCUT2D eigenvalue weighted by Crippen LogP contribution is -2.32. The van der Waals surface area contributed by atoms with Gasteiger partial charge in [-0.1, -0.05) is 6.07 Å². The van der Waals surface area contributed by atoms with Crippen LogP contribution in [0.2, 0.25) is 0 Å². The van der Waals surface area contributed by atoms with Crippen molar-refractivity contribution in [2.24, 2.45) is 0 Å². The van der Waals surface area contributed by atoms with Crippen LogP contribution in [-0.2, 0) is 23.0 Å². The summed E-state index contributed by atoms with van der Waals surface area (Å²) in [4.78, 5) is 15.3. The van der Waals surface area contributed by atoms with E-state index in [1.165, 1.54) is 18.2 Å². The lowest BCUT2D eigenvalue weighted by Gasteiger charge is -2.31. The molecule has 0 unspecified atom stereocenters. The number of benzene rings is 2. The number of aliphatic hydroxyl groups excluding tert-OH is 1. The first-order valence-electron chi connectivity index (χ1n) is 12.8. The monoisotopic (exact) mass is 580 g/mol. The third kappa shape index (κ3) is 5.80. The average Bonchev–Trinajstić information content (AvgIpc) is 3.25. The summed E-state index contributed by atoms with van der Waals surface area (Å²) in [5.41, 5.74) is 2.35. The van der Waals surface area contributed by atoms with E-state index in [1.54, 1.807) is 29.2 Å². The standard InChI is InChI=1S/C27H28F4N4O4S/c28-25(29)17-6-9-34(10-7-17)24-14-18(33-40(38,39)13-12-36)4-5-20(24)26(37)32-22-2-1-3-23-21(22)15-19-16-27(30,31)8-11-35(19)23/h1-5,14-15,33,36H,6-13,16H2,(H,32,37). The van der Waals surface area contributed by atoms with Crippen LogP contribution in [0.15, 0.2) is 54.1 Å². The Morgan fingerprint density at radius 1 is 1.05 bits per heavy atom. The molecule has 2 aliphatic rings. The van der Waals surface area contributed by atoms with E-state index >= 15 is 0 Å². The van der Waals surface area contributed by atoms with Crippen molar-refractivity contribution in [2.45, 2.75) is 38.2 Å². The Hall–Kier alpha value is -3.58. The minimum absolute atomic E-state index is 0.0389. The van der Waals surface area contributed by atoms with E-state index < -0.39 is 46.7 Å². The third-order valence-corrected chi connectivity index (χ3v) is 8.54. The van der Waals surface area contributed by atoms with Gasteiger partial charge in [-0.3, -0.25) is 9.52 Å². The number of aryl methyl sites for hydroxylation is 1. The fourth-order valence-corrected chi connectivity index (χ4v) is 6.11. The molecule has 1 amide bonds. The van der Waals surface area contributed by atoms with Gasteiger partial charge in [-0.2, -0.15) is 8.78 Å². The molecular weight excluding hydrogens is 552 g/mol. The summed E-state index contributed by atoms with van der Waals surface area (Å²) >= 11 is 0. The number of nitrogens with one attached hydrogen (secondary N) is 2.